The van der Waals surface area contributed by atoms with Gasteiger partial charge in [0.2, 0.25) is 11.8 Å². The fourth-order valence-electron chi connectivity index (χ4n) is 5.09. The summed E-state index contributed by atoms with van der Waals surface area (Å²) < 4.78 is 35.5. The molecule has 11 nitrogen and oxygen atoms in total. The van der Waals surface area contributed by atoms with Crippen molar-refractivity contribution < 1.29 is 22.7 Å². The summed E-state index contributed by atoms with van der Waals surface area (Å²) in [6, 6.07) is 6.05. The molecular formula is C26H32N6O5S2. The van der Waals surface area contributed by atoms with Gasteiger partial charge in [-0.25, -0.2) is 18.2 Å². The number of hydrogen-bond donors (Lipinski definition) is 0. The number of carbonyl (C=O) groups is 2. The summed E-state index contributed by atoms with van der Waals surface area (Å²) in [5.41, 5.74) is 0.680. The first-order chi connectivity index (χ1) is 18.5. The second-order valence-electron chi connectivity index (χ2n) is 10.2. The highest BCUT2D eigenvalue weighted by molar-refractivity contribution is 7.91. The third-order valence-corrected chi connectivity index (χ3v) is 11.0. The largest absolute Gasteiger partial charge is 0.460 e. The van der Waals surface area contributed by atoms with Crippen LogP contribution in [0.4, 0.5) is 4.79 Å². The number of ether oxygens (including phenoxy) is 1. The molecule has 2 fully saturated rings. The minimum atomic E-state index is -3.86. The van der Waals surface area contributed by atoms with Gasteiger partial charge < -0.3 is 14.5 Å². The van der Waals surface area contributed by atoms with E-state index >= 15 is 0 Å². The third kappa shape index (κ3) is 5.09. The molecule has 2 saturated heterocycles. The van der Waals surface area contributed by atoms with E-state index in [0.29, 0.717) is 24.4 Å². The summed E-state index contributed by atoms with van der Waals surface area (Å²) in [6.07, 6.45) is 6.04. The highest BCUT2D eigenvalue weighted by Crippen LogP contribution is 2.33. The molecular weight excluding hydrogens is 540 g/mol. The topological polar surface area (TPSA) is 106 Å². The number of terminal acetylenes is 1. The number of piperazine rings is 1. The van der Waals surface area contributed by atoms with E-state index in [-0.39, 0.29) is 54.5 Å². The van der Waals surface area contributed by atoms with Crippen LogP contribution in [0.2, 0.25) is 0 Å². The molecule has 3 atom stereocenters. The summed E-state index contributed by atoms with van der Waals surface area (Å²) in [6.45, 7) is 2.58. The fraction of sp³-hybridized carbons (Fsp3) is 0.500. The van der Waals surface area contributed by atoms with Crippen LogP contribution in [-0.4, -0.2) is 116 Å². The zero-order valence-corrected chi connectivity index (χ0v) is 24.0. The Morgan fingerprint density at radius 2 is 2.00 bits per heavy atom. The van der Waals surface area contributed by atoms with Crippen LogP contribution in [0.5, 0.6) is 0 Å². The van der Waals surface area contributed by atoms with Crippen LogP contribution >= 0.6 is 11.3 Å². The number of amides is 3. The van der Waals surface area contributed by atoms with Gasteiger partial charge in [0.25, 0.3) is 10.0 Å². The summed E-state index contributed by atoms with van der Waals surface area (Å²) >= 11 is 1.16. The number of benzene rings is 1. The van der Waals surface area contributed by atoms with Gasteiger partial charge in [-0.2, -0.15) is 4.31 Å². The minimum Gasteiger partial charge on any atom is -0.460 e. The molecule has 3 aliphatic rings. The van der Waals surface area contributed by atoms with E-state index in [9.17, 15) is 18.0 Å². The van der Waals surface area contributed by atoms with E-state index in [0.717, 1.165) is 21.4 Å². The number of nitrogens with zero attached hydrogens (tertiary/aromatic N) is 6. The number of fused-ring (bicyclic) bond motifs is 2. The molecule has 4 heterocycles. The molecule has 0 bridgehead atoms. The lowest BCUT2D eigenvalue weighted by Crippen LogP contribution is -2.60. The molecule has 5 rings (SSSR count). The van der Waals surface area contributed by atoms with Crippen molar-refractivity contribution in [2.24, 2.45) is 5.10 Å². The minimum absolute atomic E-state index is 0.000806. The maximum absolute atomic E-state index is 13.7. The van der Waals surface area contributed by atoms with Gasteiger partial charge in [0, 0.05) is 57.0 Å². The molecule has 3 amide bonds. The van der Waals surface area contributed by atoms with Gasteiger partial charge in [-0.1, -0.05) is 12.0 Å². The molecule has 3 unspecified atom stereocenters. The highest BCUT2D eigenvalue weighted by Gasteiger charge is 2.43. The van der Waals surface area contributed by atoms with Crippen molar-refractivity contribution in [3.63, 3.8) is 0 Å². The van der Waals surface area contributed by atoms with Gasteiger partial charge >= 0.3 is 6.03 Å². The fourth-order valence-corrected chi connectivity index (χ4v) is 8.15. The average Bonchev–Trinajstić information content (AvgIpc) is 3.48. The monoisotopic (exact) mass is 572 g/mol. The smallest absolute Gasteiger partial charge is 0.340 e. The Morgan fingerprint density at radius 3 is 2.72 bits per heavy atom. The van der Waals surface area contributed by atoms with Gasteiger partial charge in [-0.15, -0.1) is 22.9 Å². The summed E-state index contributed by atoms with van der Waals surface area (Å²) in [5.74, 6) is 2.88. The van der Waals surface area contributed by atoms with Crippen LogP contribution in [0, 0.1) is 12.3 Å². The molecule has 0 saturated carbocycles. The van der Waals surface area contributed by atoms with Crippen LogP contribution in [0.15, 0.2) is 33.6 Å². The average molecular weight is 573 g/mol. The second-order valence-corrected chi connectivity index (χ2v) is 13.4. The zero-order valence-electron chi connectivity index (χ0n) is 22.4. The predicted molar refractivity (Wildman–Crippen MR) is 149 cm³/mol. The number of rotatable bonds is 4. The molecule has 0 spiro atoms. The van der Waals surface area contributed by atoms with E-state index in [4.69, 9.17) is 11.2 Å². The Labute approximate surface area is 232 Å². The molecule has 3 aliphatic heterocycles. The number of sulfonamides is 1. The molecule has 208 valence electrons. The van der Waals surface area contributed by atoms with E-state index in [2.05, 4.69) is 15.9 Å². The van der Waals surface area contributed by atoms with Crippen LogP contribution in [0.3, 0.4) is 0 Å². The first-order valence-corrected chi connectivity index (χ1v) is 15.0. The zero-order chi connectivity index (χ0) is 28.1. The third-order valence-electron chi connectivity index (χ3n) is 7.55. The lowest BCUT2D eigenvalue weighted by atomic mass is 10.1. The van der Waals surface area contributed by atoms with Crippen molar-refractivity contribution in [2.45, 2.75) is 42.3 Å². The lowest BCUT2D eigenvalue weighted by Gasteiger charge is -2.42. The number of thiophene rings is 1. The Hall–Kier alpha value is -3.18. The quantitative estimate of drug-likeness (QED) is 0.518. The van der Waals surface area contributed by atoms with E-state index in [1.807, 2.05) is 20.0 Å². The van der Waals surface area contributed by atoms with Crippen LogP contribution < -0.4 is 0 Å². The van der Waals surface area contributed by atoms with Crippen LogP contribution in [0.25, 0.3) is 10.1 Å². The van der Waals surface area contributed by atoms with Gasteiger partial charge in [0.1, 0.15) is 4.21 Å². The number of urea groups is 1. The first-order valence-electron chi connectivity index (χ1n) is 12.8. The number of hydrogen-bond acceptors (Lipinski definition) is 8. The van der Waals surface area contributed by atoms with Crippen molar-refractivity contribution in [1.29, 1.82) is 0 Å². The number of likely N-dealkylation sites (N-methyl/N-ethyl adjacent to an activating group) is 1. The van der Waals surface area contributed by atoms with Gasteiger partial charge in [-0.3, -0.25) is 9.69 Å². The van der Waals surface area contributed by atoms with E-state index < -0.39 is 16.1 Å². The Kier molecular flexibility index (Phi) is 7.32. The predicted octanol–water partition coefficient (Wildman–Crippen LogP) is 1.85. The Bertz CT molecular complexity index is 1480. The van der Waals surface area contributed by atoms with E-state index in [1.165, 1.54) is 14.2 Å². The molecule has 2 aromatic rings. The van der Waals surface area contributed by atoms with Crippen molar-refractivity contribution in [3.8, 4) is 12.3 Å². The van der Waals surface area contributed by atoms with Crippen molar-refractivity contribution in [1.82, 2.24) is 24.0 Å². The molecule has 1 aromatic carbocycles. The normalized spacial score (nSPS) is 24.2. The van der Waals surface area contributed by atoms with Gasteiger partial charge in [0.15, 0.2) is 6.23 Å². The SMILES string of the molecule is C#Cc1ccc2cc(S(=O)(=O)N3CCN(C(=O)N4CCC5C(=N4)OC(C)N5C)C(CC(=O)N(C)C)C3)sc2c1. The standard InChI is InChI=1S/C26H32N6O5S2/c1-6-18-7-8-19-14-24(38-22(19)13-18)39(35,36)30-11-12-31(20(16-30)15-23(33)28(3)4)26(34)32-10-9-21-25(27-32)37-17(2)29(21)5/h1,7-8,13-14,17,20-21H,9-12,15-16H2,2-5H3. The maximum Gasteiger partial charge on any atom is 0.340 e. The van der Waals surface area contributed by atoms with E-state index in [1.54, 1.807) is 37.2 Å². The van der Waals surface area contributed by atoms with Gasteiger partial charge in [0.05, 0.1) is 12.1 Å². The van der Waals surface area contributed by atoms with Gasteiger partial charge in [-0.05, 0) is 44.0 Å². The van der Waals surface area contributed by atoms with Crippen LogP contribution in [-0.2, 0) is 19.6 Å². The Morgan fingerprint density at radius 1 is 1.23 bits per heavy atom. The van der Waals surface area contributed by atoms with Crippen molar-refractivity contribution >= 4 is 49.3 Å². The van der Waals surface area contributed by atoms with Crippen molar-refractivity contribution in [2.75, 3.05) is 47.3 Å². The van der Waals surface area contributed by atoms with Crippen molar-refractivity contribution in [3.05, 3.63) is 29.8 Å². The number of hydrazone groups is 1. The molecule has 1 aromatic heterocycles. The highest BCUT2D eigenvalue weighted by atomic mass is 32.2. The number of carbonyl (C=O) groups excluding carboxylic acids is 2. The second kappa shape index (κ2) is 10.4. The molecule has 13 heteroatoms. The summed E-state index contributed by atoms with van der Waals surface area (Å²) in [5, 5.41) is 6.65. The van der Waals surface area contributed by atoms with Crippen LogP contribution in [0.1, 0.15) is 25.3 Å². The molecule has 0 radical (unpaired) electrons. The summed E-state index contributed by atoms with van der Waals surface area (Å²) in [4.78, 5) is 31.5. The molecule has 39 heavy (non-hydrogen) atoms. The molecule has 0 N–H and O–H groups in total. The Balaban J connectivity index is 1.39. The lowest BCUT2D eigenvalue weighted by molar-refractivity contribution is -0.130. The summed E-state index contributed by atoms with van der Waals surface area (Å²) in [7, 11) is 1.38. The first kappa shape index (κ1) is 27.4. The maximum atomic E-state index is 13.7. The molecule has 0 aliphatic carbocycles.